The van der Waals surface area contributed by atoms with Gasteiger partial charge in [0.2, 0.25) is 0 Å². The molecular weight excluding hydrogens is 238 g/mol. The minimum absolute atomic E-state index is 0.108. The summed E-state index contributed by atoms with van der Waals surface area (Å²) in [4.78, 5) is 12.2. The largest absolute Gasteiger partial charge is 0.305 e. The summed E-state index contributed by atoms with van der Waals surface area (Å²) in [6.45, 7) is 6.87. The van der Waals surface area contributed by atoms with Crippen LogP contribution in [0.4, 0.5) is 5.82 Å². The molecule has 4 nitrogen and oxygen atoms in total. The van der Waals surface area contributed by atoms with Crippen LogP contribution in [0.5, 0.6) is 0 Å². The van der Waals surface area contributed by atoms with Crippen LogP contribution in [-0.4, -0.2) is 15.7 Å². The van der Waals surface area contributed by atoms with Crippen LogP contribution in [0, 0.1) is 13.8 Å². The average molecular weight is 257 g/mol. The molecule has 1 amide bonds. The lowest BCUT2D eigenvalue weighted by Crippen LogP contribution is -2.14. The lowest BCUT2D eigenvalue weighted by Gasteiger charge is -2.06. The molecule has 0 fully saturated rings. The number of carbonyl (C=O) groups excluding carboxylic acids is 1. The van der Waals surface area contributed by atoms with Gasteiger partial charge in [-0.2, -0.15) is 5.10 Å². The summed E-state index contributed by atoms with van der Waals surface area (Å²) in [5.41, 5.74) is 2.74. The molecule has 2 rings (SSSR count). The van der Waals surface area contributed by atoms with E-state index in [1.807, 2.05) is 49.0 Å². The Morgan fingerprint density at radius 2 is 2.11 bits per heavy atom. The molecule has 2 aromatic rings. The van der Waals surface area contributed by atoms with E-state index in [1.54, 1.807) is 0 Å². The maximum Gasteiger partial charge on any atom is 0.257 e. The molecule has 0 aliphatic carbocycles. The van der Waals surface area contributed by atoms with Crippen LogP contribution in [0.25, 0.3) is 0 Å². The highest BCUT2D eigenvalue weighted by atomic mass is 16.1. The molecule has 0 saturated carbocycles. The summed E-state index contributed by atoms with van der Waals surface area (Å²) in [5, 5.41) is 7.14. The van der Waals surface area contributed by atoms with Crippen LogP contribution in [0.15, 0.2) is 30.5 Å². The van der Waals surface area contributed by atoms with Gasteiger partial charge in [-0.05, 0) is 31.9 Å². The van der Waals surface area contributed by atoms with Gasteiger partial charge < -0.3 is 5.32 Å². The maximum atomic E-state index is 12.2. The van der Waals surface area contributed by atoms with E-state index in [2.05, 4.69) is 17.3 Å². The Morgan fingerprint density at radius 1 is 1.32 bits per heavy atom. The van der Waals surface area contributed by atoms with Crippen molar-refractivity contribution in [2.75, 3.05) is 5.32 Å². The fourth-order valence-electron chi connectivity index (χ4n) is 1.95. The summed E-state index contributed by atoms with van der Waals surface area (Å²) in [7, 11) is 0. The standard InChI is InChI=1S/C15H19N3O/c1-4-8-18-9-7-14(17-18)16-15(19)13-10-11(2)5-6-12(13)3/h5-7,9-10H,4,8H2,1-3H3,(H,16,17,19). The van der Waals surface area contributed by atoms with E-state index in [-0.39, 0.29) is 5.91 Å². The SMILES string of the molecule is CCCn1ccc(NC(=O)c2cc(C)ccc2C)n1. The minimum Gasteiger partial charge on any atom is -0.305 e. The second-order valence-corrected chi connectivity index (χ2v) is 4.74. The van der Waals surface area contributed by atoms with Gasteiger partial charge in [-0.15, -0.1) is 0 Å². The molecular formula is C15H19N3O. The third-order valence-electron chi connectivity index (χ3n) is 2.97. The molecule has 0 radical (unpaired) electrons. The Balaban J connectivity index is 2.13. The van der Waals surface area contributed by atoms with Crippen LogP contribution in [0.2, 0.25) is 0 Å². The predicted molar refractivity (Wildman–Crippen MR) is 76.4 cm³/mol. The summed E-state index contributed by atoms with van der Waals surface area (Å²) < 4.78 is 1.83. The zero-order chi connectivity index (χ0) is 13.8. The van der Waals surface area contributed by atoms with E-state index >= 15 is 0 Å². The van der Waals surface area contributed by atoms with Gasteiger partial charge in [-0.3, -0.25) is 9.48 Å². The van der Waals surface area contributed by atoms with E-state index in [4.69, 9.17) is 0 Å². The quantitative estimate of drug-likeness (QED) is 0.914. The van der Waals surface area contributed by atoms with Crippen molar-refractivity contribution in [2.24, 2.45) is 0 Å². The molecule has 4 heteroatoms. The second-order valence-electron chi connectivity index (χ2n) is 4.74. The van der Waals surface area contributed by atoms with E-state index in [9.17, 15) is 4.79 Å². The molecule has 1 heterocycles. The average Bonchev–Trinajstić information content (AvgIpc) is 2.80. The van der Waals surface area contributed by atoms with Gasteiger partial charge in [0, 0.05) is 24.4 Å². The lowest BCUT2D eigenvalue weighted by molar-refractivity contribution is 0.102. The number of aromatic nitrogens is 2. The van der Waals surface area contributed by atoms with E-state index in [0.29, 0.717) is 11.4 Å². The van der Waals surface area contributed by atoms with Crippen molar-refractivity contribution in [1.82, 2.24) is 9.78 Å². The highest BCUT2D eigenvalue weighted by molar-refractivity contribution is 6.04. The molecule has 1 N–H and O–H groups in total. The monoisotopic (exact) mass is 257 g/mol. The van der Waals surface area contributed by atoms with E-state index in [1.165, 1.54) is 0 Å². The number of carbonyl (C=O) groups is 1. The third-order valence-corrected chi connectivity index (χ3v) is 2.97. The van der Waals surface area contributed by atoms with Gasteiger partial charge in [-0.1, -0.05) is 24.6 Å². The van der Waals surface area contributed by atoms with Crippen LogP contribution in [0.1, 0.15) is 34.8 Å². The molecule has 0 bridgehead atoms. The first-order valence-electron chi connectivity index (χ1n) is 6.52. The van der Waals surface area contributed by atoms with Gasteiger partial charge in [0.1, 0.15) is 0 Å². The highest BCUT2D eigenvalue weighted by Gasteiger charge is 2.10. The number of nitrogens with one attached hydrogen (secondary N) is 1. The fourth-order valence-corrected chi connectivity index (χ4v) is 1.95. The van der Waals surface area contributed by atoms with Crippen LogP contribution >= 0.6 is 0 Å². The maximum absolute atomic E-state index is 12.2. The van der Waals surface area contributed by atoms with Gasteiger partial charge in [-0.25, -0.2) is 0 Å². The Bertz CT molecular complexity index is 587. The van der Waals surface area contributed by atoms with Crippen LogP contribution in [0.3, 0.4) is 0 Å². The molecule has 0 atom stereocenters. The molecule has 1 aromatic carbocycles. The first-order valence-corrected chi connectivity index (χ1v) is 6.52. The summed E-state index contributed by atoms with van der Waals surface area (Å²) >= 11 is 0. The number of anilines is 1. The lowest BCUT2D eigenvalue weighted by atomic mass is 10.1. The Hall–Kier alpha value is -2.10. The third kappa shape index (κ3) is 3.22. The van der Waals surface area contributed by atoms with Crippen molar-refractivity contribution in [3.05, 3.63) is 47.2 Å². The zero-order valence-corrected chi connectivity index (χ0v) is 11.6. The molecule has 19 heavy (non-hydrogen) atoms. The molecule has 1 aromatic heterocycles. The fraction of sp³-hybridized carbons (Fsp3) is 0.333. The molecule has 0 aliphatic heterocycles. The van der Waals surface area contributed by atoms with Crippen molar-refractivity contribution in [2.45, 2.75) is 33.7 Å². The molecule has 100 valence electrons. The number of rotatable bonds is 4. The molecule has 0 aliphatic rings. The van der Waals surface area contributed by atoms with Crippen LogP contribution in [-0.2, 0) is 6.54 Å². The topological polar surface area (TPSA) is 46.9 Å². The second kappa shape index (κ2) is 5.69. The van der Waals surface area contributed by atoms with Gasteiger partial charge in [0.25, 0.3) is 5.91 Å². The van der Waals surface area contributed by atoms with Gasteiger partial charge in [0.05, 0.1) is 0 Å². The molecule has 0 spiro atoms. The minimum atomic E-state index is -0.108. The number of hydrogen-bond donors (Lipinski definition) is 1. The van der Waals surface area contributed by atoms with Crippen molar-refractivity contribution < 1.29 is 4.79 Å². The van der Waals surface area contributed by atoms with Crippen molar-refractivity contribution in [3.63, 3.8) is 0 Å². The van der Waals surface area contributed by atoms with Crippen LogP contribution < -0.4 is 5.32 Å². The summed E-state index contributed by atoms with van der Waals surface area (Å²) in [6.07, 6.45) is 2.90. The smallest absolute Gasteiger partial charge is 0.257 e. The first-order chi connectivity index (χ1) is 9.10. The molecule has 0 unspecified atom stereocenters. The number of hydrogen-bond acceptors (Lipinski definition) is 2. The number of nitrogens with zero attached hydrogens (tertiary/aromatic N) is 2. The van der Waals surface area contributed by atoms with Crippen molar-refractivity contribution in [3.8, 4) is 0 Å². The first kappa shape index (κ1) is 13.3. The number of amides is 1. The van der Waals surface area contributed by atoms with Crippen molar-refractivity contribution in [1.29, 1.82) is 0 Å². The van der Waals surface area contributed by atoms with Gasteiger partial charge >= 0.3 is 0 Å². The predicted octanol–water partition coefficient (Wildman–Crippen LogP) is 3.16. The summed E-state index contributed by atoms with van der Waals surface area (Å²) in [5.74, 6) is 0.488. The normalized spacial score (nSPS) is 10.5. The Kier molecular flexibility index (Phi) is 4.00. The van der Waals surface area contributed by atoms with E-state index in [0.717, 1.165) is 24.1 Å². The summed E-state index contributed by atoms with van der Waals surface area (Å²) in [6, 6.07) is 7.68. The van der Waals surface area contributed by atoms with E-state index < -0.39 is 0 Å². The zero-order valence-electron chi connectivity index (χ0n) is 11.6. The number of aryl methyl sites for hydroxylation is 3. The highest BCUT2D eigenvalue weighted by Crippen LogP contribution is 2.13. The van der Waals surface area contributed by atoms with Crippen molar-refractivity contribution >= 4 is 11.7 Å². The Morgan fingerprint density at radius 3 is 2.84 bits per heavy atom. The molecule has 0 saturated heterocycles. The number of benzene rings is 1. The Labute approximate surface area is 113 Å². The van der Waals surface area contributed by atoms with Gasteiger partial charge in [0.15, 0.2) is 5.82 Å².